The first-order chi connectivity index (χ1) is 12.1. The maximum atomic E-state index is 13.6. The maximum Gasteiger partial charge on any atom is 0.243 e. The molecule has 0 unspecified atom stereocenters. The largest absolute Gasteiger partial charge is 0.379 e. The molecule has 3 atom stereocenters. The zero-order chi connectivity index (χ0) is 17.4. The normalized spacial score (nSPS) is 28.2. The summed E-state index contributed by atoms with van der Waals surface area (Å²) >= 11 is 0. The number of halogens is 2. The van der Waals surface area contributed by atoms with Gasteiger partial charge >= 0.3 is 0 Å². The summed E-state index contributed by atoms with van der Waals surface area (Å²) in [5, 5.41) is 3.52. The second kappa shape index (κ2) is 9.10. The Morgan fingerprint density at radius 2 is 1.78 bits per heavy atom. The number of likely N-dealkylation sites (tertiary alicyclic amines) is 1. The van der Waals surface area contributed by atoms with Crippen molar-refractivity contribution in [2.24, 2.45) is 11.8 Å². The topological polar surface area (TPSA) is 44.8 Å². The molecule has 152 valence electrons. The molecule has 3 heterocycles. The molecule has 1 N–H and O–H groups in total. The van der Waals surface area contributed by atoms with Gasteiger partial charge in [0.15, 0.2) is 0 Å². The summed E-state index contributed by atoms with van der Waals surface area (Å²) in [6.45, 7) is 10.1. The number of morpholine rings is 1. The molecule has 1 aromatic carbocycles. The Balaban J connectivity index is 0.00000131. The molecule has 3 aliphatic heterocycles. The number of hydrogen-bond donors (Lipinski definition) is 1. The van der Waals surface area contributed by atoms with E-state index in [0.717, 1.165) is 32.7 Å². The molecule has 3 fully saturated rings. The highest BCUT2D eigenvalue weighted by molar-refractivity contribution is 5.86. The van der Waals surface area contributed by atoms with Crippen LogP contribution in [0.4, 0.5) is 0 Å². The van der Waals surface area contributed by atoms with Gasteiger partial charge in [-0.25, -0.2) is 0 Å². The zero-order valence-corrected chi connectivity index (χ0v) is 17.7. The molecule has 1 aromatic rings. The van der Waals surface area contributed by atoms with Crippen molar-refractivity contribution in [2.75, 3.05) is 45.9 Å². The van der Waals surface area contributed by atoms with Crippen molar-refractivity contribution in [1.29, 1.82) is 0 Å². The Morgan fingerprint density at radius 3 is 2.44 bits per heavy atom. The van der Waals surface area contributed by atoms with Crippen LogP contribution in [0.15, 0.2) is 30.3 Å². The first-order valence-corrected chi connectivity index (χ1v) is 9.48. The lowest BCUT2D eigenvalue weighted by Gasteiger charge is -2.43. The quantitative estimate of drug-likeness (QED) is 0.822. The molecule has 4 rings (SSSR count). The average molecular weight is 416 g/mol. The van der Waals surface area contributed by atoms with Gasteiger partial charge in [0.1, 0.15) is 0 Å². The van der Waals surface area contributed by atoms with Gasteiger partial charge in [0, 0.05) is 38.6 Å². The van der Waals surface area contributed by atoms with Gasteiger partial charge in [0.2, 0.25) is 5.91 Å². The summed E-state index contributed by atoms with van der Waals surface area (Å²) in [5.74, 6) is 1.35. The van der Waals surface area contributed by atoms with E-state index in [1.807, 2.05) is 6.07 Å². The number of nitrogens with one attached hydrogen (secondary N) is 1. The maximum absolute atomic E-state index is 13.6. The van der Waals surface area contributed by atoms with Crippen molar-refractivity contribution in [3.63, 3.8) is 0 Å². The molecule has 3 aliphatic rings. The fourth-order valence-corrected chi connectivity index (χ4v) is 4.82. The highest BCUT2D eigenvalue weighted by atomic mass is 35.5. The van der Waals surface area contributed by atoms with Gasteiger partial charge in [-0.15, -0.1) is 24.8 Å². The van der Waals surface area contributed by atoms with Crippen LogP contribution in [-0.2, 0) is 9.53 Å². The average Bonchev–Trinajstić information content (AvgIpc) is 3.23. The van der Waals surface area contributed by atoms with Gasteiger partial charge in [-0.05, 0) is 25.3 Å². The number of ether oxygens (including phenoxy) is 1. The monoisotopic (exact) mass is 415 g/mol. The molecule has 0 bridgehead atoms. The van der Waals surface area contributed by atoms with Crippen molar-refractivity contribution in [3.8, 4) is 0 Å². The molecule has 0 saturated carbocycles. The minimum Gasteiger partial charge on any atom is -0.379 e. The zero-order valence-electron chi connectivity index (χ0n) is 16.1. The number of amides is 1. The second-order valence-corrected chi connectivity index (χ2v) is 8.05. The standard InChI is InChI=1S/C20H29N3O2.2ClH/c1-20(2,22-8-10-25-11-9-22)19(24)23-14-16-12-21-13-17(16)18(23)15-6-4-3-5-7-15;;/h3-7,16-18,21H,8-14H2,1-2H3;2*1H/t16-,17-,18+;;/m0../s1. The molecule has 1 amide bonds. The third-order valence-electron chi connectivity index (χ3n) is 6.29. The van der Waals surface area contributed by atoms with Crippen molar-refractivity contribution in [2.45, 2.75) is 25.4 Å². The number of benzene rings is 1. The summed E-state index contributed by atoms with van der Waals surface area (Å²) in [4.78, 5) is 18.1. The lowest BCUT2D eigenvalue weighted by Crippen LogP contribution is -2.59. The number of nitrogens with zero attached hydrogens (tertiary/aromatic N) is 2. The van der Waals surface area contributed by atoms with Gasteiger partial charge in [-0.1, -0.05) is 30.3 Å². The van der Waals surface area contributed by atoms with Crippen molar-refractivity contribution >= 4 is 30.7 Å². The third kappa shape index (κ3) is 4.13. The molecular weight excluding hydrogens is 385 g/mol. The third-order valence-corrected chi connectivity index (χ3v) is 6.29. The Morgan fingerprint density at radius 1 is 1.11 bits per heavy atom. The predicted octanol–water partition coefficient (Wildman–Crippen LogP) is 2.36. The molecular formula is C20H31Cl2N3O2. The van der Waals surface area contributed by atoms with E-state index in [4.69, 9.17) is 4.74 Å². The van der Waals surface area contributed by atoms with Crippen LogP contribution in [0.1, 0.15) is 25.5 Å². The van der Waals surface area contributed by atoms with E-state index in [9.17, 15) is 4.79 Å². The Labute approximate surface area is 174 Å². The van der Waals surface area contributed by atoms with Gasteiger partial charge in [-0.2, -0.15) is 0 Å². The lowest BCUT2D eigenvalue weighted by atomic mass is 9.89. The Kier molecular flexibility index (Phi) is 7.56. The molecule has 27 heavy (non-hydrogen) atoms. The van der Waals surface area contributed by atoms with E-state index in [2.05, 4.69) is 53.2 Å². The summed E-state index contributed by atoms with van der Waals surface area (Å²) < 4.78 is 5.48. The predicted molar refractivity (Wildman–Crippen MR) is 112 cm³/mol. The second-order valence-electron chi connectivity index (χ2n) is 8.05. The first-order valence-electron chi connectivity index (χ1n) is 9.48. The number of carbonyl (C=O) groups is 1. The van der Waals surface area contributed by atoms with Gasteiger partial charge in [0.05, 0.1) is 24.8 Å². The highest BCUT2D eigenvalue weighted by Gasteiger charge is 2.50. The number of fused-ring (bicyclic) bond motifs is 1. The smallest absolute Gasteiger partial charge is 0.243 e. The molecule has 5 nitrogen and oxygen atoms in total. The van der Waals surface area contributed by atoms with Gasteiger partial charge in [0.25, 0.3) is 0 Å². The molecule has 0 aliphatic carbocycles. The van der Waals surface area contributed by atoms with E-state index < -0.39 is 5.54 Å². The van der Waals surface area contributed by atoms with E-state index >= 15 is 0 Å². The van der Waals surface area contributed by atoms with E-state index in [-0.39, 0.29) is 36.8 Å². The molecule has 0 spiro atoms. The van der Waals surface area contributed by atoms with Crippen LogP contribution < -0.4 is 5.32 Å². The fourth-order valence-electron chi connectivity index (χ4n) is 4.82. The van der Waals surface area contributed by atoms with Crippen molar-refractivity contribution < 1.29 is 9.53 Å². The summed E-state index contributed by atoms with van der Waals surface area (Å²) in [6, 6.07) is 10.8. The van der Waals surface area contributed by atoms with Crippen LogP contribution in [-0.4, -0.2) is 67.2 Å². The molecule has 0 radical (unpaired) electrons. The van der Waals surface area contributed by atoms with Gasteiger partial charge < -0.3 is 15.0 Å². The molecule has 0 aromatic heterocycles. The minimum atomic E-state index is -0.483. The fraction of sp³-hybridized carbons (Fsp3) is 0.650. The molecule has 7 heteroatoms. The minimum absolute atomic E-state index is 0. The SMILES string of the molecule is CC(C)(C(=O)N1C[C@@H]2CNC[C@@H]2[C@H]1c1ccccc1)N1CCOCC1.Cl.Cl. The van der Waals surface area contributed by atoms with E-state index in [1.165, 1.54) is 5.56 Å². The van der Waals surface area contributed by atoms with Crippen molar-refractivity contribution in [3.05, 3.63) is 35.9 Å². The summed E-state index contributed by atoms with van der Waals surface area (Å²) in [6.07, 6.45) is 0. The van der Waals surface area contributed by atoms with E-state index in [0.29, 0.717) is 25.0 Å². The van der Waals surface area contributed by atoms with Crippen LogP contribution >= 0.6 is 24.8 Å². The number of carbonyl (C=O) groups excluding carboxylic acids is 1. The van der Waals surface area contributed by atoms with Crippen LogP contribution in [0, 0.1) is 11.8 Å². The first kappa shape index (κ1) is 22.4. The van der Waals surface area contributed by atoms with Crippen LogP contribution in [0.2, 0.25) is 0 Å². The van der Waals surface area contributed by atoms with Gasteiger partial charge in [-0.3, -0.25) is 9.69 Å². The van der Waals surface area contributed by atoms with Crippen molar-refractivity contribution in [1.82, 2.24) is 15.1 Å². The van der Waals surface area contributed by atoms with Crippen LogP contribution in [0.5, 0.6) is 0 Å². The van der Waals surface area contributed by atoms with Crippen LogP contribution in [0.3, 0.4) is 0 Å². The summed E-state index contributed by atoms with van der Waals surface area (Å²) in [7, 11) is 0. The Hall–Kier alpha value is -0.850. The summed E-state index contributed by atoms with van der Waals surface area (Å²) in [5.41, 5.74) is 0.785. The van der Waals surface area contributed by atoms with E-state index in [1.54, 1.807) is 0 Å². The molecule has 3 saturated heterocycles. The number of rotatable bonds is 3. The van der Waals surface area contributed by atoms with Crippen LogP contribution in [0.25, 0.3) is 0 Å². The lowest BCUT2D eigenvalue weighted by molar-refractivity contribution is -0.147. The Bertz CT molecular complexity index is 623. The highest BCUT2D eigenvalue weighted by Crippen LogP contribution is 2.43. The number of hydrogen-bond acceptors (Lipinski definition) is 4.